The van der Waals surface area contributed by atoms with Crippen molar-refractivity contribution in [3.05, 3.63) is 47.5 Å². The van der Waals surface area contributed by atoms with Crippen LogP contribution in [0, 0.1) is 11.8 Å². The maximum absolute atomic E-state index is 10.7. The summed E-state index contributed by atoms with van der Waals surface area (Å²) >= 11 is 0. The highest BCUT2D eigenvalue weighted by Crippen LogP contribution is 2.31. The zero-order valence-electron chi connectivity index (χ0n) is 16.9. The van der Waals surface area contributed by atoms with Crippen LogP contribution in [0.2, 0.25) is 0 Å². The van der Waals surface area contributed by atoms with E-state index in [2.05, 4.69) is 32.0 Å². The van der Waals surface area contributed by atoms with Crippen LogP contribution >= 0.6 is 0 Å². The Balaban J connectivity index is 1.29. The molecular formula is C22H33N5O. The number of nitrogens with zero attached hydrogens (tertiary/aromatic N) is 4. The Hall–Kier alpha value is -1.76. The van der Waals surface area contributed by atoms with Gasteiger partial charge in [-0.25, -0.2) is 0 Å². The lowest BCUT2D eigenvalue weighted by molar-refractivity contribution is 0.0558. The maximum atomic E-state index is 10.7. The molecule has 1 aromatic heterocycles. The Morgan fingerprint density at radius 2 is 1.71 bits per heavy atom. The first kappa shape index (κ1) is 19.6. The Kier molecular flexibility index (Phi) is 6.40. The van der Waals surface area contributed by atoms with Gasteiger partial charge in [0.1, 0.15) is 11.6 Å². The van der Waals surface area contributed by atoms with Crippen LogP contribution in [-0.4, -0.2) is 50.9 Å². The zero-order valence-corrected chi connectivity index (χ0v) is 16.9. The summed E-state index contributed by atoms with van der Waals surface area (Å²) < 4.78 is 2.20. The van der Waals surface area contributed by atoms with E-state index in [-0.39, 0.29) is 6.10 Å². The summed E-state index contributed by atoms with van der Waals surface area (Å²) in [5.41, 5.74) is 1.04. The zero-order chi connectivity index (χ0) is 19.3. The van der Waals surface area contributed by atoms with Gasteiger partial charge in [0.15, 0.2) is 0 Å². The molecule has 2 N–H and O–H groups in total. The summed E-state index contributed by atoms with van der Waals surface area (Å²) in [5, 5.41) is 23.1. The second kappa shape index (κ2) is 9.16. The van der Waals surface area contributed by atoms with Gasteiger partial charge in [0.25, 0.3) is 0 Å². The van der Waals surface area contributed by atoms with E-state index in [4.69, 9.17) is 0 Å². The number of aliphatic hydroxyl groups is 1. The lowest BCUT2D eigenvalue weighted by Crippen LogP contribution is -2.36. The summed E-state index contributed by atoms with van der Waals surface area (Å²) in [6, 6.07) is 10.1. The molecule has 2 fully saturated rings. The second-order valence-corrected chi connectivity index (χ2v) is 8.46. The molecule has 0 radical (unpaired) electrons. The molecule has 0 amide bonds. The third-order valence-electron chi connectivity index (χ3n) is 6.57. The van der Waals surface area contributed by atoms with E-state index >= 15 is 0 Å². The predicted octanol–water partition coefficient (Wildman–Crippen LogP) is 2.30. The summed E-state index contributed by atoms with van der Waals surface area (Å²) in [7, 11) is 2.11. The lowest BCUT2D eigenvalue weighted by Gasteiger charge is -2.34. The molecule has 0 aliphatic carbocycles. The molecule has 0 bridgehead atoms. The summed E-state index contributed by atoms with van der Waals surface area (Å²) in [5.74, 6) is 3.25. The lowest BCUT2D eigenvalue weighted by atomic mass is 9.87. The van der Waals surface area contributed by atoms with Gasteiger partial charge < -0.3 is 15.0 Å². The topological polar surface area (TPSA) is 66.2 Å². The largest absolute Gasteiger partial charge is 0.388 e. The average molecular weight is 384 g/mol. The highest BCUT2D eigenvalue weighted by atomic mass is 16.3. The van der Waals surface area contributed by atoms with E-state index in [1.807, 2.05) is 30.3 Å². The molecular weight excluding hydrogens is 350 g/mol. The molecule has 2 saturated heterocycles. The quantitative estimate of drug-likeness (QED) is 0.801. The first-order chi connectivity index (χ1) is 13.7. The number of aromatic nitrogens is 3. The molecule has 0 saturated carbocycles. The Labute approximate surface area is 168 Å². The highest BCUT2D eigenvalue weighted by Gasteiger charge is 2.27. The van der Waals surface area contributed by atoms with E-state index < -0.39 is 0 Å². The van der Waals surface area contributed by atoms with Crippen molar-refractivity contribution in [2.24, 2.45) is 18.9 Å². The van der Waals surface area contributed by atoms with E-state index in [1.165, 1.54) is 12.8 Å². The molecule has 3 heterocycles. The Bertz CT molecular complexity index is 733. The van der Waals surface area contributed by atoms with Crippen LogP contribution in [0.4, 0.5) is 0 Å². The third kappa shape index (κ3) is 4.62. The first-order valence-corrected chi connectivity index (χ1v) is 10.7. The van der Waals surface area contributed by atoms with Crippen molar-refractivity contribution in [2.75, 3.05) is 26.2 Å². The minimum atomic E-state index is -0.352. The van der Waals surface area contributed by atoms with Gasteiger partial charge in [0.2, 0.25) is 0 Å². The number of benzene rings is 1. The van der Waals surface area contributed by atoms with E-state index in [9.17, 15) is 5.11 Å². The van der Waals surface area contributed by atoms with Crippen LogP contribution in [0.25, 0.3) is 0 Å². The van der Waals surface area contributed by atoms with Gasteiger partial charge in [0.05, 0.1) is 12.6 Å². The fourth-order valence-corrected chi connectivity index (χ4v) is 4.61. The van der Waals surface area contributed by atoms with Crippen molar-refractivity contribution in [1.82, 2.24) is 25.0 Å². The number of piperidine rings is 2. The summed E-state index contributed by atoms with van der Waals surface area (Å²) in [6.07, 6.45) is 5.20. The predicted molar refractivity (Wildman–Crippen MR) is 110 cm³/mol. The minimum Gasteiger partial charge on any atom is -0.388 e. The summed E-state index contributed by atoms with van der Waals surface area (Å²) in [6.45, 7) is 5.11. The molecule has 0 spiro atoms. The molecule has 2 aromatic rings. The van der Waals surface area contributed by atoms with Crippen LogP contribution in [0.1, 0.15) is 49.0 Å². The fraction of sp³-hybridized carbons (Fsp3) is 0.636. The monoisotopic (exact) mass is 383 g/mol. The van der Waals surface area contributed by atoms with Gasteiger partial charge in [-0.1, -0.05) is 30.3 Å². The van der Waals surface area contributed by atoms with Gasteiger partial charge in [0, 0.05) is 13.5 Å². The number of aliphatic hydroxyl groups excluding tert-OH is 1. The van der Waals surface area contributed by atoms with Gasteiger partial charge in [-0.05, 0) is 69.3 Å². The molecule has 1 atom stereocenters. The van der Waals surface area contributed by atoms with Gasteiger partial charge in [-0.2, -0.15) is 0 Å². The number of likely N-dealkylation sites (tertiary alicyclic amines) is 1. The number of nitrogens with one attached hydrogen (secondary N) is 1. The van der Waals surface area contributed by atoms with Crippen LogP contribution in [-0.2, 0) is 20.0 Å². The molecule has 1 unspecified atom stereocenters. The van der Waals surface area contributed by atoms with Crippen molar-refractivity contribution in [3.8, 4) is 0 Å². The molecule has 4 rings (SSSR count). The molecule has 6 nitrogen and oxygen atoms in total. The maximum Gasteiger partial charge on any atom is 0.146 e. The molecule has 2 aliphatic rings. The normalized spacial score (nSPS) is 21.1. The third-order valence-corrected chi connectivity index (χ3v) is 6.57. The molecule has 6 heteroatoms. The number of hydrogen-bond donors (Lipinski definition) is 2. The van der Waals surface area contributed by atoms with Crippen LogP contribution in [0.15, 0.2) is 30.3 Å². The molecule has 2 aliphatic heterocycles. The van der Waals surface area contributed by atoms with Crippen LogP contribution < -0.4 is 5.32 Å². The second-order valence-electron chi connectivity index (χ2n) is 8.46. The average Bonchev–Trinajstić information content (AvgIpc) is 3.09. The van der Waals surface area contributed by atoms with Crippen molar-refractivity contribution in [1.29, 1.82) is 0 Å². The first-order valence-electron chi connectivity index (χ1n) is 10.7. The van der Waals surface area contributed by atoms with Crippen LogP contribution in [0.5, 0.6) is 0 Å². The van der Waals surface area contributed by atoms with Crippen LogP contribution in [0.3, 0.4) is 0 Å². The minimum absolute atomic E-state index is 0.341. The fourth-order valence-electron chi connectivity index (χ4n) is 4.61. The van der Waals surface area contributed by atoms with E-state index in [0.29, 0.717) is 5.92 Å². The highest BCUT2D eigenvalue weighted by molar-refractivity contribution is 5.18. The molecule has 152 valence electrons. The van der Waals surface area contributed by atoms with Crippen molar-refractivity contribution < 1.29 is 5.11 Å². The van der Waals surface area contributed by atoms with Crippen molar-refractivity contribution in [3.63, 3.8) is 0 Å². The smallest absolute Gasteiger partial charge is 0.146 e. The SMILES string of the molecule is Cn1c(CC2CCNCC2)nnc1CN1CCC(C(O)c2ccccc2)CC1. The number of hydrogen-bond acceptors (Lipinski definition) is 5. The number of rotatable bonds is 6. The Morgan fingerprint density at radius 3 is 2.43 bits per heavy atom. The van der Waals surface area contributed by atoms with E-state index in [1.54, 1.807) is 0 Å². The molecule has 1 aromatic carbocycles. The van der Waals surface area contributed by atoms with Crippen molar-refractivity contribution >= 4 is 0 Å². The van der Waals surface area contributed by atoms with Gasteiger partial charge >= 0.3 is 0 Å². The standard InChI is InChI=1S/C22H33N5O/c1-26-20(15-17-7-11-23-12-8-17)24-25-21(26)16-27-13-9-19(10-14-27)22(28)18-5-3-2-4-6-18/h2-6,17,19,22-23,28H,7-16H2,1H3. The van der Waals surface area contributed by atoms with Gasteiger partial charge in [-0.3, -0.25) is 4.90 Å². The Morgan fingerprint density at radius 1 is 1.04 bits per heavy atom. The summed E-state index contributed by atoms with van der Waals surface area (Å²) in [4.78, 5) is 2.45. The van der Waals surface area contributed by atoms with Gasteiger partial charge in [-0.15, -0.1) is 10.2 Å². The molecule has 28 heavy (non-hydrogen) atoms. The van der Waals surface area contributed by atoms with Crippen molar-refractivity contribution in [2.45, 2.75) is 44.8 Å². The van der Waals surface area contributed by atoms with E-state index in [0.717, 1.165) is 75.1 Å².